The molecule has 0 aliphatic carbocycles. The number of rotatable bonds is 1. The summed E-state index contributed by atoms with van der Waals surface area (Å²) < 4.78 is 5.53. The fraction of sp³-hybridized carbons (Fsp3) is 0.0714. The van der Waals surface area contributed by atoms with Gasteiger partial charge in [0.2, 0.25) is 11.8 Å². The minimum Gasteiger partial charge on any atom is -0.422 e. The van der Waals surface area contributed by atoms with Crippen molar-refractivity contribution in [3.8, 4) is 11.8 Å². The molecule has 7 nitrogen and oxygen atoms in total. The van der Waals surface area contributed by atoms with Crippen molar-refractivity contribution in [3.05, 3.63) is 73.0 Å². The number of fused-ring (bicyclic) bond motifs is 2. The minimum absolute atomic E-state index is 0.116. The molecule has 0 bridgehead atoms. The predicted molar refractivity (Wildman–Crippen MR) is 78.7 cm³/mol. The van der Waals surface area contributed by atoms with Crippen molar-refractivity contribution >= 4 is 11.6 Å². The lowest BCUT2D eigenvalue weighted by Crippen LogP contribution is -2.30. The Balaban J connectivity index is 2.02. The van der Waals surface area contributed by atoms with Crippen LogP contribution in [-0.4, -0.2) is 20.2 Å². The van der Waals surface area contributed by atoms with Gasteiger partial charge in [0.05, 0.1) is 17.7 Å². The Kier molecular flexibility index (Phi) is 2.70. The topological polar surface area (TPSA) is 104 Å². The van der Waals surface area contributed by atoms with E-state index in [0.29, 0.717) is 22.0 Å². The van der Waals surface area contributed by atoms with E-state index in [1.54, 1.807) is 18.3 Å². The highest BCUT2D eigenvalue weighted by atomic mass is 35.5. The first-order chi connectivity index (χ1) is 10.6. The molecule has 22 heavy (non-hydrogen) atoms. The van der Waals surface area contributed by atoms with Crippen molar-refractivity contribution in [2.45, 2.75) is 5.92 Å². The van der Waals surface area contributed by atoms with Gasteiger partial charge < -0.3 is 4.74 Å². The molecule has 0 saturated heterocycles. The maximum Gasteiger partial charge on any atom is 0.328 e. The van der Waals surface area contributed by atoms with Crippen LogP contribution in [-0.2, 0) is 0 Å². The van der Waals surface area contributed by atoms with E-state index in [2.05, 4.69) is 20.2 Å². The minimum atomic E-state index is -0.624. The highest BCUT2D eigenvalue weighted by molar-refractivity contribution is 6.30. The maximum absolute atomic E-state index is 12.3. The highest BCUT2D eigenvalue weighted by Crippen LogP contribution is 2.43. The van der Waals surface area contributed by atoms with Crippen LogP contribution in [0.2, 0.25) is 5.02 Å². The molecule has 3 heterocycles. The number of benzene rings is 1. The van der Waals surface area contributed by atoms with Gasteiger partial charge in [-0.2, -0.15) is 5.10 Å². The molecule has 0 radical (unpaired) electrons. The first-order valence-corrected chi connectivity index (χ1v) is 6.84. The molecular formula is C14H9ClN4O3. The molecule has 0 spiro atoms. The zero-order valence-corrected chi connectivity index (χ0v) is 11.8. The van der Waals surface area contributed by atoms with Gasteiger partial charge >= 0.3 is 5.69 Å². The Morgan fingerprint density at radius 1 is 1.09 bits per heavy atom. The number of nitrogens with zero attached hydrogens (tertiary/aromatic N) is 1. The fourth-order valence-electron chi connectivity index (χ4n) is 2.65. The van der Waals surface area contributed by atoms with Crippen molar-refractivity contribution in [1.29, 1.82) is 0 Å². The van der Waals surface area contributed by atoms with Crippen LogP contribution in [0.25, 0.3) is 0 Å². The van der Waals surface area contributed by atoms with Gasteiger partial charge in [-0.1, -0.05) is 23.7 Å². The van der Waals surface area contributed by atoms with Crippen molar-refractivity contribution in [1.82, 2.24) is 20.2 Å². The summed E-state index contributed by atoms with van der Waals surface area (Å²) in [6.45, 7) is 0. The molecule has 2 aromatic heterocycles. The summed E-state index contributed by atoms with van der Waals surface area (Å²) in [5.74, 6) is 0.106. The Morgan fingerprint density at radius 2 is 1.86 bits per heavy atom. The summed E-state index contributed by atoms with van der Waals surface area (Å²) in [6.07, 6.45) is 1.60. The van der Waals surface area contributed by atoms with Gasteiger partial charge in [-0.05, 0) is 17.7 Å². The van der Waals surface area contributed by atoms with Crippen LogP contribution in [0.3, 0.4) is 0 Å². The molecule has 4 rings (SSSR count). The third-order valence-corrected chi connectivity index (χ3v) is 3.83. The predicted octanol–water partition coefficient (Wildman–Crippen LogP) is 1.73. The quantitative estimate of drug-likeness (QED) is 0.497. The second-order valence-electron chi connectivity index (χ2n) is 4.89. The van der Waals surface area contributed by atoms with Crippen LogP contribution >= 0.6 is 11.6 Å². The summed E-state index contributed by atoms with van der Waals surface area (Å²) in [7, 11) is 0. The monoisotopic (exact) mass is 316 g/mol. The second kappa shape index (κ2) is 4.60. The Labute approximate surface area is 127 Å². The molecule has 3 aromatic rings. The summed E-state index contributed by atoms with van der Waals surface area (Å²) in [5, 5.41) is 7.26. The summed E-state index contributed by atoms with van der Waals surface area (Å²) in [5.41, 5.74) is 0.768. The first-order valence-electron chi connectivity index (χ1n) is 6.46. The van der Waals surface area contributed by atoms with Gasteiger partial charge in [0.15, 0.2) is 0 Å². The van der Waals surface area contributed by atoms with Crippen LogP contribution in [0.4, 0.5) is 0 Å². The maximum atomic E-state index is 12.3. The lowest BCUT2D eigenvalue weighted by atomic mass is 9.86. The molecule has 1 aromatic carbocycles. The summed E-state index contributed by atoms with van der Waals surface area (Å²) in [6, 6.07) is 7.13. The number of nitrogens with one attached hydrogen (secondary N) is 3. The van der Waals surface area contributed by atoms with Gasteiger partial charge in [0.25, 0.3) is 5.56 Å². The number of hydrogen-bond acceptors (Lipinski definition) is 4. The molecule has 1 atom stereocenters. The van der Waals surface area contributed by atoms with Gasteiger partial charge in [-0.3, -0.25) is 14.8 Å². The van der Waals surface area contributed by atoms with E-state index in [1.165, 1.54) is 0 Å². The molecule has 8 heteroatoms. The van der Waals surface area contributed by atoms with E-state index in [-0.39, 0.29) is 5.88 Å². The van der Waals surface area contributed by atoms with E-state index in [1.807, 2.05) is 12.1 Å². The van der Waals surface area contributed by atoms with E-state index >= 15 is 0 Å². The van der Waals surface area contributed by atoms with E-state index < -0.39 is 17.2 Å². The van der Waals surface area contributed by atoms with Crippen molar-refractivity contribution in [2.24, 2.45) is 0 Å². The van der Waals surface area contributed by atoms with Gasteiger partial charge in [0.1, 0.15) is 0 Å². The lowest BCUT2D eigenvalue weighted by Gasteiger charge is -2.23. The van der Waals surface area contributed by atoms with Crippen molar-refractivity contribution < 1.29 is 4.74 Å². The summed E-state index contributed by atoms with van der Waals surface area (Å²) >= 11 is 5.92. The standard InChI is InChI=1S/C14H9ClN4O3/c15-7-3-1-6(2-4-7)9-8-5-16-19-12(8)22-13-10(9)11(20)17-14(21)18-13/h1-5,9H,(H,16,19)(H2,17,18,20,21). The average Bonchev–Trinajstić information content (AvgIpc) is 2.93. The largest absolute Gasteiger partial charge is 0.422 e. The van der Waals surface area contributed by atoms with Crippen LogP contribution in [0.5, 0.6) is 11.8 Å². The Bertz CT molecular complexity index is 971. The molecule has 3 N–H and O–H groups in total. The van der Waals surface area contributed by atoms with Crippen LogP contribution in [0, 0.1) is 0 Å². The number of H-pyrrole nitrogens is 3. The Morgan fingerprint density at radius 3 is 2.64 bits per heavy atom. The zero-order valence-electron chi connectivity index (χ0n) is 11.0. The van der Waals surface area contributed by atoms with E-state index in [9.17, 15) is 9.59 Å². The third-order valence-electron chi connectivity index (χ3n) is 3.58. The number of aromatic nitrogens is 4. The van der Waals surface area contributed by atoms with E-state index in [0.717, 1.165) is 5.56 Å². The molecular weight excluding hydrogens is 308 g/mol. The smallest absolute Gasteiger partial charge is 0.328 e. The molecule has 1 aliphatic heterocycles. The third kappa shape index (κ3) is 1.86. The van der Waals surface area contributed by atoms with Gasteiger partial charge in [-0.25, -0.2) is 9.89 Å². The van der Waals surface area contributed by atoms with Crippen molar-refractivity contribution in [2.75, 3.05) is 0 Å². The second-order valence-corrected chi connectivity index (χ2v) is 5.33. The van der Waals surface area contributed by atoms with Gasteiger partial charge in [-0.15, -0.1) is 0 Å². The highest BCUT2D eigenvalue weighted by Gasteiger charge is 2.33. The molecule has 0 saturated carbocycles. The summed E-state index contributed by atoms with van der Waals surface area (Å²) in [4.78, 5) is 28.5. The molecule has 1 aliphatic rings. The molecule has 110 valence electrons. The lowest BCUT2D eigenvalue weighted by molar-refractivity contribution is 0.412. The fourth-order valence-corrected chi connectivity index (χ4v) is 2.77. The molecule has 1 unspecified atom stereocenters. The molecule has 0 fully saturated rings. The number of ether oxygens (including phenoxy) is 1. The van der Waals surface area contributed by atoms with Crippen molar-refractivity contribution in [3.63, 3.8) is 0 Å². The average molecular weight is 317 g/mol. The van der Waals surface area contributed by atoms with Crippen LogP contribution < -0.4 is 16.0 Å². The number of aromatic amines is 3. The van der Waals surface area contributed by atoms with Gasteiger partial charge in [0, 0.05) is 10.6 Å². The van der Waals surface area contributed by atoms with E-state index in [4.69, 9.17) is 16.3 Å². The number of halogens is 1. The van der Waals surface area contributed by atoms with Crippen LogP contribution in [0.1, 0.15) is 22.6 Å². The van der Waals surface area contributed by atoms with Crippen LogP contribution in [0.15, 0.2) is 40.1 Å². The SMILES string of the molecule is O=c1[nH]c2c(c(=O)[nH]1)C(c1ccc(Cl)cc1)c1cn[nH]c1O2. The first kappa shape index (κ1) is 12.9. The normalized spacial score (nSPS) is 15.8. The number of hydrogen-bond donors (Lipinski definition) is 3. The molecule has 0 amide bonds. The Hall–Kier alpha value is -2.80. The zero-order chi connectivity index (χ0) is 15.3.